The Morgan fingerprint density at radius 1 is 0.202 bits per heavy atom. The van der Waals surface area contributed by atoms with E-state index in [9.17, 15) is 0 Å². The number of benzene rings is 17. The second kappa shape index (κ2) is 20.8. The van der Waals surface area contributed by atoms with Crippen LogP contribution in [0.2, 0.25) is 0 Å². The summed E-state index contributed by atoms with van der Waals surface area (Å²) in [6.45, 7) is -0.319. The smallest absolute Gasteiger partial charge is 0.252 e. The predicted molar refractivity (Wildman–Crippen MR) is 449 cm³/mol. The van der Waals surface area contributed by atoms with Gasteiger partial charge in [0.05, 0.1) is 38.7 Å². The maximum absolute atomic E-state index is 2.81. The molecule has 0 unspecified atom stereocenters. The number of nitrogens with zero attached hydrogens (tertiary/aromatic N) is 3. The second-order valence-electron chi connectivity index (χ2n) is 31.0. The minimum Gasteiger partial charge on any atom is -0.311 e. The van der Waals surface area contributed by atoms with Crippen LogP contribution in [0.4, 0.5) is 34.1 Å². The molecule has 0 radical (unpaired) electrons. The molecule has 3 spiro atoms. The van der Waals surface area contributed by atoms with Gasteiger partial charge in [0.25, 0.3) is 6.71 Å². The summed E-state index contributed by atoms with van der Waals surface area (Å²) in [5.74, 6) is 0. The van der Waals surface area contributed by atoms with E-state index in [-0.39, 0.29) is 6.71 Å². The van der Waals surface area contributed by atoms with Gasteiger partial charge in [-0.25, -0.2) is 0 Å². The Bertz CT molecular complexity index is 6950. The Kier molecular flexibility index (Phi) is 11.2. The Hall–Kier alpha value is -13.8. The first-order chi connectivity index (χ1) is 54.1. The maximum Gasteiger partial charge on any atom is 0.252 e. The lowest BCUT2D eigenvalue weighted by atomic mass is 9.32. The fourth-order valence-corrected chi connectivity index (χ4v) is 22.9. The molecule has 500 valence electrons. The van der Waals surface area contributed by atoms with Crippen molar-refractivity contribution in [3.63, 3.8) is 0 Å². The largest absolute Gasteiger partial charge is 0.311 e. The molecule has 8 aliphatic rings. The molecule has 4 heteroatoms. The highest BCUT2D eigenvalue weighted by Gasteiger charge is 2.59. The van der Waals surface area contributed by atoms with Crippen LogP contribution in [-0.4, -0.2) is 11.3 Å². The normalized spacial score (nSPS) is 15.0. The van der Waals surface area contributed by atoms with Crippen molar-refractivity contribution >= 4 is 79.0 Å². The van der Waals surface area contributed by atoms with Crippen LogP contribution in [0, 0.1) is 0 Å². The highest BCUT2D eigenvalue weighted by Crippen LogP contribution is 2.69. The van der Waals surface area contributed by atoms with Crippen molar-refractivity contribution in [3.8, 4) is 83.6 Å². The molecule has 0 bridgehead atoms. The Morgan fingerprint density at radius 3 is 1.09 bits per heavy atom. The molecule has 2 aliphatic heterocycles. The van der Waals surface area contributed by atoms with Gasteiger partial charge in [0.2, 0.25) is 0 Å². The number of hydrogen-bond acceptors (Lipinski definition) is 2. The molecule has 0 saturated heterocycles. The summed E-state index contributed by atoms with van der Waals surface area (Å²) < 4.78 is 2.57. The fourth-order valence-electron chi connectivity index (χ4n) is 22.9. The number of hydrogen-bond donors (Lipinski definition) is 0. The van der Waals surface area contributed by atoms with Crippen molar-refractivity contribution in [3.05, 3.63) is 443 Å². The van der Waals surface area contributed by atoms with E-state index in [1.54, 1.807) is 0 Å². The summed E-state index contributed by atoms with van der Waals surface area (Å²) in [4.78, 5) is 5.51. The first-order valence-electron chi connectivity index (χ1n) is 38.4. The lowest BCUT2D eigenvalue weighted by molar-refractivity contribution is 0.792. The summed E-state index contributed by atoms with van der Waals surface area (Å²) in [5, 5.41) is 2.44. The van der Waals surface area contributed by atoms with E-state index < -0.39 is 16.2 Å². The third kappa shape index (κ3) is 6.92. The molecule has 109 heavy (non-hydrogen) atoms. The van der Waals surface area contributed by atoms with Crippen molar-refractivity contribution in [1.29, 1.82) is 0 Å². The molecule has 0 N–H and O–H groups in total. The molecule has 1 aromatic heterocycles. The molecule has 3 nitrogen and oxygen atoms in total. The van der Waals surface area contributed by atoms with Crippen LogP contribution in [0.1, 0.15) is 66.8 Å². The summed E-state index contributed by atoms with van der Waals surface area (Å²) in [5.41, 5.74) is 45.7. The first-order valence-corrected chi connectivity index (χ1v) is 38.4. The van der Waals surface area contributed by atoms with E-state index in [4.69, 9.17) is 0 Å². The van der Waals surface area contributed by atoms with Crippen LogP contribution in [0.15, 0.2) is 376 Å². The first kappa shape index (κ1) is 58.5. The quantitative estimate of drug-likeness (QED) is 0.163. The summed E-state index contributed by atoms with van der Waals surface area (Å²) in [7, 11) is 0. The van der Waals surface area contributed by atoms with Gasteiger partial charge in [-0.3, -0.25) is 0 Å². The average molecular weight is 1380 g/mol. The number of rotatable bonds is 4. The molecular weight excluding hydrogens is 1310 g/mol. The van der Waals surface area contributed by atoms with E-state index >= 15 is 0 Å². The monoisotopic (exact) mass is 1380 g/mol. The van der Waals surface area contributed by atoms with E-state index in [0.29, 0.717) is 0 Å². The average Bonchev–Trinajstić information content (AvgIpc) is 1.37. The van der Waals surface area contributed by atoms with Crippen molar-refractivity contribution < 1.29 is 0 Å². The molecule has 6 aliphatic carbocycles. The predicted octanol–water partition coefficient (Wildman–Crippen LogP) is 23.6. The third-order valence-electron chi connectivity index (χ3n) is 26.6. The molecule has 0 amide bonds. The number of anilines is 6. The summed E-state index contributed by atoms with van der Waals surface area (Å²) >= 11 is 0. The van der Waals surface area contributed by atoms with Crippen molar-refractivity contribution in [2.24, 2.45) is 0 Å². The van der Waals surface area contributed by atoms with Crippen molar-refractivity contribution in [1.82, 2.24) is 4.57 Å². The molecule has 17 aromatic carbocycles. The molecule has 3 heterocycles. The van der Waals surface area contributed by atoms with Gasteiger partial charge in [-0.15, -0.1) is 0 Å². The van der Waals surface area contributed by atoms with Gasteiger partial charge >= 0.3 is 0 Å². The van der Waals surface area contributed by atoms with E-state index in [0.717, 1.165) is 45.2 Å². The molecular formula is C105H62BN3. The van der Waals surface area contributed by atoms with Gasteiger partial charge < -0.3 is 14.4 Å². The number of aromatic nitrogens is 1. The van der Waals surface area contributed by atoms with Gasteiger partial charge in [0.15, 0.2) is 0 Å². The lowest BCUT2D eigenvalue weighted by Crippen LogP contribution is -2.63. The SMILES string of the molecule is c1ccc(-c2ccc3c(c2)B2c4c(cc(-n5c6ccccc6c6ccccc65)cc4N(c4cccc5c4C4(c6ccccc6-c6ccccc64)c4ccccc4-5)c4ccc5c(c42)C2(c4ccccc4-c4ccccc42)c2ccccc2-5)N3c2ccc3c(c2)-c2ccccc2C32c3ccccc3-c3ccccc32)cc1. The van der Waals surface area contributed by atoms with Crippen LogP contribution >= 0.6 is 0 Å². The molecule has 0 atom stereocenters. The van der Waals surface area contributed by atoms with Crippen LogP contribution in [0.5, 0.6) is 0 Å². The number of fused-ring (bicyclic) bond motifs is 38. The highest BCUT2D eigenvalue weighted by atomic mass is 15.2. The number of para-hydroxylation sites is 2. The van der Waals surface area contributed by atoms with Gasteiger partial charge in [0.1, 0.15) is 0 Å². The van der Waals surface area contributed by atoms with E-state index in [2.05, 4.69) is 390 Å². The standard InChI is InChI=1S/C105H62BN3/c1-2-27-63(28-3-1)64-53-57-94-91(59-64)106-101-97(107(94)65-54-56-90-80(60-65)75-37-12-17-43-83(75)103(90)81-41-15-4-29-67(81)68-30-5-16-42-82(68)103)61-66(108-92-50-24-13-38-76(92)77-39-14-25-51-93(77)108)62-98(101)109(95-52-26-40-78-73-35-10-22-48-88(73)104(99(78)95)84-44-18-6-31-69(84)70-32-7-19-45-85(70)104)96-58-55-79-74-36-11-23-49-89(74)105(100(79)102(96)106)86-46-20-8-33-71(86)72-34-9-21-47-87(72)105/h1-62H. The van der Waals surface area contributed by atoms with Crippen molar-refractivity contribution in [2.45, 2.75) is 16.2 Å². The maximum atomic E-state index is 2.81. The van der Waals surface area contributed by atoms with E-state index in [1.807, 2.05) is 0 Å². The second-order valence-corrected chi connectivity index (χ2v) is 31.0. The molecule has 26 rings (SSSR count). The fraction of sp³-hybridized carbons (Fsp3) is 0.0286. The Labute approximate surface area is 631 Å². The van der Waals surface area contributed by atoms with Crippen molar-refractivity contribution in [2.75, 3.05) is 9.80 Å². The minimum absolute atomic E-state index is 0.319. The van der Waals surface area contributed by atoms with Gasteiger partial charge in [-0.2, -0.15) is 0 Å². The Balaban J connectivity index is 0.850. The zero-order valence-electron chi connectivity index (χ0n) is 59.2. The molecule has 0 saturated carbocycles. The zero-order chi connectivity index (χ0) is 70.7. The lowest BCUT2D eigenvalue weighted by Gasteiger charge is -2.47. The van der Waals surface area contributed by atoms with Crippen LogP contribution < -0.4 is 26.2 Å². The van der Waals surface area contributed by atoms with Gasteiger partial charge in [-0.1, -0.05) is 322 Å². The topological polar surface area (TPSA) is 11.4 Å². The third-order valence-corrected chi connectivity index (χ3v) is 26.6. The Morgan fingerprint density at radius 2 is 0.587 bits per heavy atom. The van der Waals surface area contributed by atoms with Crippen LogP contribution in [-0.2, 0) is 16.2 Å². The summed E-state index contributed by atoms with van der Waals surface area (Å²) in [6.07, 6.45) is 0. The molecule has 0 fully saturated rings. The minimum atomic E-state index is -0.717. The molecule has 18 aromatic rings. The summed E-state index contributed by atoms with van der Waals surface area (Å²) in [6, 6.07) is 146. The van der Waals surface area contributed by atoms with Gasteiger partial charge in [-0.05, 0) is 210 Å². The van der Waals surface area contributed by atoms with Crippen LogP contribution in [0.25, 0.3) is 105 Å². The van der Waals surface area contributed by atoms with E-state index in [1.165, 1.54) is 177 Å². The highest BCUT2D eigenvalue weighted by molar-refractivity contribution is 7.01. The zero-order valence-corrected chi connectivity index (χ0v) is 59.2. The van der Waals surface area contributed by atoms with Crippen LogP contribution in [0.3, 0.4) is 0 Å². The van der Waals surface area contributed by atoms with Gasteiger partial charge in [0, 0.05) is 44.8 Å².